The molecule has 0 fully saturated rings. The van der Waals surface area contributed by atoms with Crippen LogP contribution in [0.2, 0.25) is 0 Å². The second-order valence-electron chi connectivity index (χ2n) is 11.5. The predicted molar refractivity (Wildman–Crippen MR) is 176 cm³/mol. The summed E-state index contributed by atoms with van der Waals surface area (Å²) in [6.45, 7) is 4.20. The van der Waals surface area contributed by atoms with Crippen LogP contribution < -0.4 is 9.46 Å². The maximum absolute atomic E-state index is 12.0. The zero-order valence-electron chi connectivity index (χ0n) is 24.8. The maximum atomic E-state index is 12.0. The minimum atomic E-state index is -2.15. The summed E-state index contributed by atoms with van der Waals surface area (Å²) in [5.74, 6) is 0.432. The molecule has 2 aromatic heterocycles. The van der Waals surface area contributed by atoms with Crippen LogP contribution in [0, 0.1) is 5.41 Å². The Kier molecular flexibility index (Phi) is 8.34. The minimum Gasteiger partial charge on any atom is -0.487 e. The predicted octanol–water partition coefficient (Wildman–Crippen LogP) is 7.08. The molecule has 0 saturated heterocycles. The highest BCUT2D eigenvalue weighted by Gasteiger charge is 2.30. The van der Waals surface area contributed by atoms with Crippen LogP contribution in [0.15, 0.2) is 103 Å². The first-order valence-corrected chi connectivity index (χ1v) is 15.5. The van der Waals surface area contributed by atoms with Crippen molar-refractivity contribution in [3.05, 3.63) is 120 Å². The van der Waals surface area contributed by atoms with E-state index in [1.54, 1.807) is 19.9 Å². The summed E-state index contributed by atoms with van der Waals surface area (Å²) in [5, 5.41) is 10.9. The third-order valence-electron chi connectivity index (χ3n) is 7.72. The zero-order valence-corrected chi connectivity index (χ0v) is 25.6. The van der Waals surface area contributed by atoms with E-state index >= 15 is 0 Å². The summed E-state index contributed by atoms with van der Waals surface area (Å²) in [7, 11) is 0. The molecule has 10 heteroatoms. The van der Waals surface area contributed by atoms with Crippen LogP contribution in [0.25, 0.3) is 33.1 Å². The van der Waals surface area contributed by atoms with Crippen LogP contribution in [0.3, 0.4) is 0 Å². The molecule has 4 aromatic carbocycles. The van der Waals surface area contributed by atoms with Gasteiger partial charge in [-0.05, 0) is 66.9 Å². The highest BCUT2D eigenvalue weighted by Crippen LogP contribution is 2.29. The standard InChI is InChI=1S/C35H32N4O5S/c1-35(2,34(40)41)20-33-37-31-19-29(44-22-28-15-14-25-6-3-4-9-30(25)36-28)16-17-32(31)39(33)21-23-10-12-24(13-11-23)26-7-5-8-27(18-26)38-45(42)43/h3-19,38H,20-22H2,1-2H3,(H,40,41)(H,42,43). The lowest BCUT2D eigenvalue weighted by molar-refractivity contribution is -0.146. The third kappa shape index (κ3) is 6.87. The summed E-state index contributed by atoms with van der Waals surface area (Å²) in [4.78, 5) is 21.6. The van der Waals surface area contributed by atoms with E-state index in [9.17, 15) is 14.1 Å². The summed E-state index contributed by atoms with van der Waals surface area (Å²) in [6.07, 6.45) is 0.248. The van der Waals surface area contributed by atoms with Gasteiger partial charge in [0.1, 0.15) is 18.2 Å². The number of pyridine rings is 1. The second kappa shape index (κ2) is 12.5. The number of para-hydroxylation sites is 1. The van der Waals surface area contributed by atoms with Crippen LogP contribution in [-0.4, -0.2) is 34.4 Å². The molecule has 0 saturated carbocycles. The van der Waals surface area contributed by atoms with E-state index in [-0.39, 0.29) is 6.42 Å². The first kappa shape index (κ1) is 30.0. The van der Waals surface area contributed by atoms with E-state index in [0.717, 1.165) is 44.3 Å². The number of rotatable bonds is 11. The Hall–Kier alpha value is -5.06. The van der Waals surface area contributed by atoms with Crippen molar-refractivity contribution in [2.75, 3.05) is 4.72 Å². The van der Waals surface area contributed by atoms with Gasteiger partial charge in [-0.3, -0.25) is 14.1 Å². The smallest absolute Gasteiger partial charge is 0.309 e. The number of imidazole rings is 1. The average molecular weight is 621 g/mol. The van der Waals surface area contributed by atoms with Gasteiger partial charge in [0.15, 0.2) is 0 Å². The molecule has 0 bridgehead atoms. The van der Waals surface area contributed by atoms with Gasteiger partial charge in [-0.25, -0.2) is 14.2 Å². The van der Waals surface area contributed by atoms with Crippen LogP contribution in [0.4, 0.5) is 5.69 Å². The second-order valence-corrected chi connectivity index (χ2v) is 12.2. The lowest BCUT2D eigenvalue weighted by Gasteiger charge is -2.19. The number of aliphatic carboxylic acids is 1. The molecular formula is C35H32N4O5S. The number of carboxylic acid groups (broad SMARTS) is 1. The largest absolute Gasteiger partial charge is 0.487 e. The van der Waals surface area contributed by atoms with E-state index < -0.39 is 22.7 Å². The molecule has 6 rings (SSSR count). The molecule has 228 valence electrons. The molecule has 0 amide bonds. The van der Waals surface area contributed by atoms with Crippen LogP contribution in [0.1, 0.15) is 30.9 Å². The number of carboxylic acids is 1. The van der Waals surface area contributed by atoms with E-state index in [2.05, 4.69) is 14.3 Å². The SMILES string of the molecule is CC(C)(Cc1nc2cc(OCc3ccc4ccccc4n3)ccc2n1Cc1ccc(-c2cccc(NS(=O)O)c2)cc1)C(=O)O. The van der Waals surface area contributed by atoms with E-state index in [0.29, 0.717) is 30.4 Å². The Morgan fingerprint density at radius 2 is 1.69 bits per heavy atom. The quantitative estimate of drug-likeness (QED) is 0.132. The molecule has 3 N–H and O–H groups in total. The van der Waals surface area contributed by atoms with Gasteiger partial charge in [-0.15, -0.1) is 0 Å². The summed E-state index contributed by atoms with van der Waals surface area (Å²) in [6, 6.07) is 33.0. The molecule has 2 heterocycles. The van der Waals surface area contributed by atoms with Crippen molar-refractivity contribution in [3.63, 3.8) is 0 Å². The zero-order chi connectivity index (χ0) is 31.6. The van der Waals surface area contributed by atoms with Crippen molar-refractivity contribution >= 4 is 44.9 Å². The number of aromatic nitrogens is 3. The number of fused-ring (bicyclic) bond motifs is 2. The monoisotopic (exact) mass is 620 g/mol. The summed E-state index contributed by atoms with van der Waals surface area (Å²) < 4.78 is 31.0. The molecule has 45 heavy (non-hydrogen) atoms. The van der Waals surface area contributed by atoms with Crippen LogP contribution >= 0.6 is 0 Å². The van der Waals surface area contributed by atoms with E-state index in [4.69, 9.17) is 14.3 Å². The number of ether oxygens (including phenoxy) is 1. The Morgan fingerprint density at radius 3 is 2.47 bits per heavy atom. The number of hydrogen-bond donors (Lipinski definition) is 3. The molecular weight excluding hydrogens is 588 g/mol. The van der Waals surface area contributed by atoms with Crippen molar-refractivity contribution in [2.45, 2.75) is 33.4 Å². The van der Waals surface area contributed by atoms with Crippen molar-refractivity contribution in [1.29, 1.82) is 0 Å². The van der Waals surface area contributed by atoms with Crippen molar-refractivity contribution in [1.82, 2.24) is 14.5 Å². The highest BCUT2D eigenvalue weighted by molar-refractivity contribution is 7.80. The van der Waals surface area contributed by atoms with E-state index in [1.165, 1.54) is 0 Å². The number of carbonyl (C=O) groups is 1. The van der Waals surface area contributed by atoms with Gasteiger partial charge in [-0.1, -0.05) is 60.7 Å². The lowest BCUT2D eigenvalue weighted by Crippen LogP contribution is -2.27. The topological polar surface area (TPSA) is 127 Å². The van der Waals surface area contributed by atoms with Crippen molar-refractivity contribution in [3.8, 4) is 16.9 Å². The molecule has 0 spiro atoms. The number of anilines is 1. The normalized spacial score (nSPS) is 12.3. The van der Waals surface area contributed by atoms with Crippen molar-refractivity contribution < 1.29 is 23.4 Å². The van der Waals surface area contributed by atoms with Gasteiger partial charge in [0.25, 0.3) is 11.3 Å². The molecule has 9 nitrogen and oxygen atoms in total. The minimum absolute atomic E-state index is 0.248. The number of nitrogens with zero attached hydrogens (tertiary/aromatic N) is 3. The first-order valence-electron chi connectivity index (χ1n) is 14.4. The maximum Gasteiger partial charge on any atom is 0.309 e. The van der Waals surface area contributed by atoms with Crippen molar-refractivity contribution in [2.24, 2.45) is 5.41 Å². The third-order valence-corrected chi connectivity index (χ3v) is 8.13. The summed E-state index contributed by atoms with van der Waals surface area (Å²) in [5.41, 5.74) is 5.73. The van der Waals surface area contributed by atoms with Crippen LogP contribution in [-0.2, 0) is 35.6 Å². The number of hydrogen-bond acceptors (Lipinski definition) is 5. The van der Waals surface area contributed by atoms with Gasteiger partial charge in [-0.2, -0.15) is 0 Å². The fraction of sp³-hybridized carbons (Fsp3) is 0.171. The molecule has 0 radical (unpaired) electrons. The molecule has 1 unspecified atom stereocenters. The van der Waals surface area contributed by atoms with Gasteiger partial charge in [0, 0.05) is 30.1 Å². The summed E-state index contributed by atoms with van der Waals surface area (Å²) >= 11 is -2.15. The molecule has 0 aliphatic carbocycles. The number of benzene rings is 4. The molecule has 1 atom stereocenters. The average Bonchev–Trinajstić information content (AvgIpc) is 3.35. The highest BCUT2D eigenvalue weighted by atomic mass is 32.2. The van der Waals surface area contributed by atoms with Gasteiger partial charge in [0.2, 0.25) is 0 Å². The Balaban J connectivity index is 1.26. The molecule has 0 aliphatic heterocycles. The Bertz CT molecular complexity index is 2040. The fourth-order valence-corrected chi connectivity index (χ4v) is 5.55. The van der Waals surface area contributed by atoms with Gasteiger partial charge < -0.3 is 14.4 Å². The lowest BCUT2D eigenvalue weighted by atomic mass is 9.89. The fourth-order valence-electron chi connectivity index (χ4n) is 5.23. The number of nitrogens with one attached hydrogen (secondary N) is 1. The first-order chi connectivity index (χ1) is 21.6. The Morgan fingerprint density at radius 1 is 0.889 bits per heavy atom. The Labute approximate surface area is 263 Å². The van der Waals surface area contributed by atoms with Gasteiger partial charge in [0.05, 0.1) is 27.7 Å². The molecule has 6 aromatic rings. The van der Waals surface area contributed by atoms with Crippen LogP contribution in [0.5, 0.6) is 5.75 Å². The molecule has 0 aliphatic rings. The van der Waals surface area contributed by atoms with Gasteiger partial charge >= 0.3 is 5.97 Å². The van der Waals surface area contributed by atoms with E-state index in [1.807, 2.05) is 97.1 Å².